The average Bonchev–Trinajstić information content (AvgIpc) is 2.51. The second kappa shape index (κ2) is 4.04. The van der Waals surface area contributed by atoms with E-state index in [2.05, 4.69) is 25.2 Å². The molecule has 0 fully saturated rings. The largest absolute Gasteiger partial charge is 0.370 e. The van der Waals surface area contributed by atoms with Crippen LogP contribution in [0.5, 0.6) is 0 Å². The lowest BCUT2D eigenvalue weighted by atomic mass is 10.6. The van der Waals surface area contributed by atoms with Crippen LogP contribution in [0.1, 0.15) is 5.82 Å². The molecule has 0 spiro atoms. The van der Waals surface area contributed by atoms with Gasteiger partial charge in [0.15, 0.2) is 5.96 Å². The number of hydrogen-bond donors (Lipinski definition) is 4. The van der Waals surface area contributed by atoms with Crippen LogP contribution in [-0.4, -0.2) is 27.1 Å². The normalized spacial score (nSPS) is 11.2. The Hall–Kier alpha value is -2.12. The van der Waals surface area contributed by atoms with Gasteiger partial charge in [-0.1, -0.05) is 0 Å². The standard InChI is InChI=1S/C5H10N8/c6-4(7)12-5(8)9-1-3-10-2-11-13-3/h2H,1H2,(H,10,11,13)(H6,6,7,8,9,12). The molecule has 0 aromatic carbocycles. The zero-order valence-electron chi connectivity index (χ0n) is 6.81. The van der Waals surface area contributed by atoms with Gasteiger partial charge in [-0.15, -0.1) is 0 Å². The van der Waals surface area contributed by atoms with Crippen molar-refractivity contribution in [1.82, 2.24) is 15.2 Å². The quantitative estimate of drug-likeness (QED) is 0.305. The molecule has 0 amide bonds. The number of aliphatic imine (C=N–C) groups is 2. The first-order valence-corrected chi connectivity index (χ1v) is 3.42. The molecule has 0 bridgehead atoms. The molecule has 0 saturated carbocycles. The van der Waals surface area contributed by atoms with Crippen LogP contribution < -0.4 is 17.2 Å². The molecule has 1 aromatic rings. The van der Waals surface area contributed by atoms with E-state index in [1.54, 1.807) is 0 Å². The molecule has 0 atom stereocenters. The molecule has 0 unspecified atom stereocenters. The number of nitrogens with one attached hydrogen (secondary N) is 1. The number of H-pyrrole nitrogens is 1. The van der Waals surface area contributed by atoms with E-state index in [9.17, 15) is 0 Å². The third-order valence-corrected chi connectivity index (χ3v) is 1.10. The van der Waals surface area contributed by atoms with Crippen molar-refractivity contribution in [2.45, 2.75) is 6.54 Å². The third kappa shape index (κ3) is 3.18. The fraction of sp³-hybridized carbons (Fsp3) is 0.200. The van der Waals surface area contributed by atoms with E-state index in [4.69, 9.17) is 17.2 Å². The molecule has 1 heterocycles. The van der Waals surface area contributed by atoms with Gasteiger partial charge in [-0.25, -0.2) is 9.98 Å². The van der Waals surface area contributed by atoms with Crippen molar-refractivity contribution in [3.63, 3.8) is 0 Å². The average molecular weight is 182 g/mol. The van der Waals surface area contributed by atoms with Gasteiger partial charge in [-0.2, -0.15) is 10.1 Å². The second-order valence-corrected chi connectivity index (χ2v) is 2.14. The number of nitrogens with two attached hydrogens (primary N) is 3. The van der Waals surface area contributed by atoms with E-state index in [1.807, 2.05) is 0 Å². The molecule has 1 rings (SSSR count). The van der Waals surface area contributed by atoms with Crippen LogP contribution in [0.2, 0.25) is 0 Å². The van der Waals surface area contributed by atoms with Crippen LogP contribution in [0.4, 0.5) is 0 Å². The first kappa shape index (κ1) is 8.97. The predicted octanol–water partition coefficient (Wildman–Crippen LogP) is -2.11. The van der Waals surface area contributed by atoms with Crippen LogP contribution in [0.3, 0.4) is 0 Å². The van der Waals surface area contributed by atoms with Gasteiger partial charge >= 0.3 is 0 Å². The van der Waals surface area contributed by atoms with E-state index < -0.39 is 0 Å². The molecule has 0 aliphatic carbocycles. The summed E-state index contributed by atoms with van der Waals surface area (Å²) in [6.45, 7) is 0.266. The molecule has 0 saturated heterocycles. The SMILES string of the molecule is NC(N)=NC(N)=NCc1ncn[nH]1. The fourth-order valence-corrected chi connectivity index (χ4v) is 0.630. The molecular weight excluding hydrogens is 172 g/mol. The van der Waals surface area contributed by atoms with Crippen molar-refractivity contribution in [2.75, 3.05) is 0 Å². The lowest BCUT2D eigenvalue weighted by Gasteiger charge is -1.92. The summed E-state index contributed by atoms with van der Waals surface area (Å²) in [6, 6.07) is 0. The minimum Gasteiger partial charge on any atom is -0.370 e. The van der Waals surface area contributed by atoms with Crippen molar-refractivity contribution in [3.8, 4) is 0 Å². The molecule has 70 valence electrons. The van der Waals surface area contributed by atoms with Gasteiger partial charge in [-0.3, -0.25) is 5.10 Å². The maximum absolute atomic E-state index is 5.33. The molecular formula is C5H10N8. The highest BCUT2D eigenvalue weighted by atomic mass is 15.2. The van der Waals surface area contributed by atoms with Crippen LogP contribution in [-0.2, 0) is 6.54 Å². The third-order valence-electron chi connectivity index (χ3n) is 1.10. The minimum atomic E-state index is -0.126. The van der Waals surface area contributed by atoms with E-state index in [1.165, 1.54) is 6.33 Å². The van der Waals surface area contributed by atoms with Crippen LogP contribution in [0.25, 0.3) is 0 Å². The molecule has 0 radical (unpaired) electrons. The Morgan fingerprint density at radius 3 is 2.77 bits per heavy atom. The number of nitrogens with zero attached hydrogens (tertiary/aromatic N) is 4. The summed E-state index contributed by atoms with van der Waals surface area (Å²) in [5, 5.41) is 6.24. The van der Waals surface area contributed by atoms with Crippen molar-refractivity contribution < 1.29 is 0 Å². The predicted molar refractivity (Wildman–Crippen MR) is 47.5 cm³/mol. The smallest absolute Gasteiger partial charge is 0.218 e. The monoisotopic (exact) mass is 182 g/mol. The lowest BCUT2D eigenvalue weighted by Crippen LogP contribution is -2.26. The van der Waals surface area contributed by atoms with Crippen LogP contribution >= 0.6 is 0 Å². The number of aromatic amines is 1. The van der Waals surface area contributed by atoms with Crippen molar-refractivity contribution >= 4 is 11.9 Å². The molecule has 0 aliphatic heterocycles. The summed E-state index contributed by atoms with van der Waals surface area (Å²) in [5.74, 6) is 0.476. The molecule has 0 aliphatic rings. The fourth-order valence-electron chi connectivity index (χ4n) is 0.630. The number of guanidine groups is 2. The molecule has 7 N–H and O–H groups in total. The van der Waals surface area contributed by atoms with Gasteiger partial charge in [0.05, 0.1) is 0 Å². The number of rotatable bonds is 2. The lowest BCUT2D eigenvalue weighted by molar-refractivity contribution is 0.913. The second-order valence-electron chi connectivity index (χ2n) is 2.14. The van der Waals surface area contributed by atoms with Crippen LogP contribution in [0.15, 0.2) is 16.3 Å². The first-order chi connectivity index (χ1) is 6.18. The van der Waals surface area contributed by atoms with Crippen molar-refractivity contribution in [1.29, 1.82) is 0 Å². The number of aromatic nitrogens is 3. The van der Waals surface area contributed by atoms with E-state index in [-0.39, 0.29) is 18.5 Å². The highest BCUT2D eigenvalue weighted by molar-refractivity contribution is 5.92. The number of hydrogen-bond acceptors (Lipinski definition) is 3. The Labute approximate surface area is 74.0 Å². The zero-order chi connectivity index (χ0) is 9.68. The molecule has 8 heteroatoms. The highest BCUT2D eigenvalue weighted by Gasteiger charge is 1.93. The highest BCUT2D eigenvalue weighted by Crippen LogP contribution is 1.88. The summed E-state index contributed by atoms with van der Waals surface area (Å²) in [7, 11) is 0. The Bertz CT molecular complexity index is 305. The van der Waals surface area contributed by atoms with Gasteiger partial charge in [0.25, 0.3) is 0 Å². The van der Waals surface area contributed by atoms with E-state index >= 15 is 0 Å². The molecule has 13 heavy (non-hydrogen) atoms. The van der Waals surface area contributed by atoms with E-state index in [0.29, 0.717) is 5.82 Å². The zero-order valence-corrected chi connectivity index (χ0v) is 6.81. The topological polar surface area (TPSA) is 144 Å². The Morgan fingerprint density at radius 1 is 1.46 bits per heavy atom. The summed E-state index contributed by atoms with van der Waals surface area (Å²) >= 11 is 0. The molecule has 1 aromatic heterocycles. The van der Waals surface area contributed by atoms with Gasteiger partial charge in [0, 0.05) is 0 Å². The summed E-state index contributed by atoms with van der Waals surface area (Å²) in [4.78, 5) is 11.2. The van der Waals surface area contributed by atoms with Crippen molar-refractivity contribution in [2.24, 2.45) is 27.2 Å². The maximum atomic E-state index is 5.33. The van der Waals surface area contributed by atoms with Gasteiger partial charge in [0.2, 0.25) is 5.96 Å². The van der Waals surface area contributed by atoms with Gasteiger partial charge in [-0.05, 0) is 0 Å². The summed E-state index contributed by atoms with van der Waals surface area (Å²) in [5.41, 5.74) is 15.5. The minimum absolute atomic E-state index is 0.0106. The van der Waals surface area contributed by atoms with Crippen molar-refractivity contribution in [3.05, 3.63) is 12.2 Å². The van der Waals surface area contributed by atoms with Gasteiger partial charge < -0.3 is 17.2 Å². The first-order valence-electron chi connectivity index (χ1n) is 3.42. The Morgan fingerprint density at radius 2 is 2.23 bits per heavy atom. The summed E-state index contributed by atoms with van der Waals surface area (Å²) in [6.07, 6.45) is 1.38. The van der Waals surface area contributed by atoms with E-state index in [0.717, 1.165) is 0 Å². The Kier molecular flexibility index (Phi) is 2.79. The summed E-state index contributed by atoms with van der Waals surface area (Å²) < 4.78 is 0. The van der Waals surface area contributed by atoms with Gasteiger partial charge in [0.1, 0.15) is 18.7 Å². The maximum Gasteiger partial charge on any atom is 0.218 e. The van der Waals surface area contributed by atoms with Crippen LogP contribution in [0, 0.1) is 0 Å². The Balaban J connectivity index is 2.53. The molecule has 8 nitrogen and oxygen atoms in total.